The number of thiophene rings is 1. The number of aryl methyl sites for hydroxylation is 1. The summed E-state index contributed by atoms with van der Waals surface area (Å²) in [6.45, 7) is 3.74. The fourth-order valence-corrected chi connectivity index (χ4v) is 5.50. The Balaban J connectivity index is 1.70. The number of thiocarbonyl (C=S) groups is 1. The Kier molecular flexibility index (Phi) is 7.86. The molecule has 0 aliphatic heterocycles. The van der Waals surface area contributed by atoms with Crippen molar-refractivity contribution in [1.82, 2.24) is 0 Å². The van der Waals surface area contributed by atoms with E-state index in [9.17, 15) is 13.2 Å². The van der Waals surface area contributed by atoms with Gasteiger partial charge in [0.2, 0.25) is 0 Å². The highest BCUT2D eigenvalue weighted by atomic mass is 35.5. The molecule has 0 atom stereocenters. The van der Waals surface area contributed by atoms with Crippen molar-refractivity contribution in [2.24, 2.45) is 0 Å². The maximum Gasteiger partial charge on any atom is 0.341 e. The Morgan fingerprint density at radius 2 is 1.64 bits per heavy atom. The molecule has 3 aromatic rings. The summed E-state index contributed by atoms with van der Waals surface area (Å²) in [5.74, 6) is -0.453. The molecule has 174 valence electrons. The Labute approximate surface area is 211 Å². The predicted octanol–water partition coefficient (Wildman–Crippen LogP) is 6.07. The predicted molar refractivity (Wildman–Crippen MR) is 139 cm³/mol. The van der Waals surface area contributed by atoms with E-state index in [-0.39, 0.29) is 15.0 Å². The second-order valence-corrected chi connectivity index (χ2v) is 10.9. The molecule has 0 aliphatic rings. The minimum absolute atomic E-state index is 0.0514. The molecule has 1 aromatic heterocycles. The molecule has 2 aromatic carbocycles. The summed E-state index contributed by atoms with van der Waals surface area (Å²) in [4.78, 5) is 13.1. The monoisotopic (exact) mass is 543 g/mol. The zero-order valence-electron chi connectivity index (χ0n) is 17.7. The number of nitrogens with one attached hydrogen (secondary N) is 3. The lowest BCUT2D eigenvalue weighted by molar-refractivity contribution is 0.0601. The van der Waals surface area contributed by atoms with E-state index in [0.29, 0.717) is 27.0 Å². The molecule has 7 nitrogen and oxygen atoms in total. The smallest absolute Gasteiger partial charge is 0.341 e. The maximum atomic E-state index is 12.6. The van der Waals surface area contributed by atoms with Crippen molar-refractivity contribution in [2.75, 3.05) is 22.5 Å². The van der Waals surface area contributed by atoms with Crippen molar-refractivity contribution >= 4 is 84.2 Å². The quantitative estimate of drug-likeness (QED) is 0.256. The van der Waals surface area contributed by atoms with Crippen LogP contribution < -0.4 is 15.4 Å². The summed E-state index contributed by atoms with van der Waals surface area (Å²) in [6, 6.07) is 10.5. The standard InChI is InChI=1S/C21H19Cl2N3O4S3/c1-11-12(2)32-19(18(11)20(27)30-3)25-21(31)24-13-4-7-15(8-5-13)33(28,29)26-14-6-9-16(22)17(23)10-14/h4-10,26H,1-3H3,(H2,24,25,31). The van der Waals surface area contributed by atoms with Crippen LogP contribution in [0.1, 0.15) is 20.8 Å². The van der Waals surface area contributed by atoms with E-state index in [1.54, 1.807) is 12.1 Å². The van der Waals surface area contributed by atoms with Gasteiger partial charge in [0.15, 0.2) is 5.11 Å². The van der Waals surface area contributed by atoms with Crippen molar-refractivity contribution in [1.29, 1.82) is 0 Å². The first-order valence-electron chi connectivity index (χ1n) is 9.36. The van der Waals surface area contributed by atoms with Crippen LogP contribution in [-0.4, -0.2) is 26.6 Å². The molecule has 3 N–H and O–H groups in total. The van der Waals surface area contributed by atoms with E-state index in [4.69, 9.17) is 40.2 Å². The van der Waals surface area contributed by atoms with Crippen LogP contribution in [0.4, 0.5) is 16.4 Å². The van der Waals surface area contributed by atoms with Gasteiger partial charge in [-0.3, -0.25) is 4.72 Å². The lowest BCUT2D eigenvalue weighted by atomic mass is 10.1. The first-order chi connectivity index (χ1) is 15.5. The average Bonchev–Trinajstić information content (AvgIpc) is 3.03. The van der Waals surface area contributed by atoms with E-state index in [2.05, 4.69) is 15.4 Å². The maximum absolute atomic E-state index is 12.6. The van der Waals surface area contributed by atoms with Crippen molar-refractivity contribution in [3.63, 3.8) is 0 Å². The fraction of sp³-hybridized carbons (Fsp3) is 0.143. The Morgan fingerprint density at radius 1 is 1.00 bits per heavy atom. The number of methoxy groups -OCH3 is 1. The molecule has 12 heteroatoms. The van der Waals surface area contributed by atoms with Crippen LogP contribution in [0.2, 0.25) is 10.0 Å². The van der Waals surface area contributed by atoms with Crippen LogP contribution in [0.15, 0.2) is 47.4 Å². The second-order valence-electron chi connectivity index (χ2n) is 6.82. The first kappa shape index (κ1) is 25.3. The number of rotatable bonds is 6. The summed E-state index contributed by atoms with van der Waals surface area (Å²) < 4.78 is 32.6. The van der Waals surface area contributed by atoms with Gasteiger partial charge >= 0.3 is 5.97 Å². The summed E-state index contributed by atoms with van der Waals surface area (Å²) >= 11 is 18.5. The van der Waals surface area contributed by atoms with Gasteiger partial charge in [0.05, 0.1) is 33.3 Å². The van der Waals surface area contributed by atoms with Gasteiger partial charge < -0.3 is 15.4 Å². The lowest BCUT2D eigenvalue weighted by Crippen LogP contribution is -2.20. The number of halogens is 2. The number of ether oxygens (including phenoxy) is 1. The second kappa shape index (κ2) is 10.3. The SMILES string of the molecule is COC(=O)c1c(NC(=S)Nc2ccc(S(=O)(=O)Nc3ccc(Cl)c(Cl)c3)cc2)sc(C)c1C. The summed E-state index contributed by atoms with van der Waals surface area (Å²) in [5, 5.41) is 7.36. The highest BCUT2D eigenvalue weighted by Gasteiger charge is 2.21. The number of hydrogen-bond donors (Lipinski definition) is 3. The van der Waals surface area contributed by atoms with Gasteiger partial charge in [0.25, 0.3) is 10.0 Å². The molecule has 0 spiro atoms. The summed E-state index contributed by atoms with van der Waals surface area (Å²) in [5.41, 5.74) is 2.10. The van der Waals surface area contributed by atoms with Crippen LogP contribution in [-0.2, 0) is 14.8 Å². The van der Waals surface area contributed by atoms with Gasteiger partial charge in [-0.05, 0) is 74.1 Å². The van der Waals surface area contributed by atoms with Gasteiger partial charge in [-0.25, -0.2) is 13.2 Å². The molecule has 0 fully saturated rings. The molecule has 0 saturated carbocycles. The van der Waals surface area contributed by atoms with Gasteiger partial charge in [-0.15, -0.1) is 11.3 Å². The molecule has 0 amide bonds. The first-order valence-corrected chi connectivity index (χ1v) is 12.8. The van der Waals surface area contributed by atoms with E-state index in [0.717, 1.165) is 10.4 Å². The summed E-state index contributed by atoms with van der Waals surface area (Å²) in [6.07, 6.45) is 0. The molecule has 3 rings (SSSR count). The van der Waals surface area contributed by atoms with Crippen LogP contribution in [0, 0.1) is 13.8 Å². The molecule has 33 heavy (non-hydrogen) atoms. The van der Waals surface area contributed by atoms with Crippen LogP contribution >= 0.6 is 46.8 Å². The van der Waals surface area contributed by atoms with Gasteiger partial charge in [0, 0.05) is 10.6 Å². The van der Waals surface area contributed by atoms with Crippen molar-refractivity contribution < 1.29 is 17.9 Å². The van der Waals surface area contributed by atoms with Crippen LogP contribution in [0.25, 0.3) is 0 Å². The molecule has 0 aliphatic carbocycles. The van der Waals surface area contributed by atoms with E-state index in [1.807, 2.05) is 13.8 Å². The third kappa shape index (κ3) is 5.96. The van der Waals surface area contributed by atoms with Crippen molar-refractivity contribution in [3.8, 4) is 0 Å². The van der Waals surface area contributed by atoms with Crippen molar-refractivity contribution in [3.05, 3.63) is 68.5 Å². The Bertz CT molecular complexity index is 1320. The number of sulfonamides is 1. The van der Waals surface area contributed by atoms with E-state index in [1.165, 1.54) is 48.8 Å². The third-order valence-electron chi connectivity index (χ3n) is 4.60. The average molecular weight is 545 g/mol. The topological polar surface area (TPSA) is 96.5 Å². The molecule has 0 saturated heterocycles. The molecule has 0 bridgehead atoms. The molecule has 1 heterocycles. The number of hydrogen-bond acceptors (Lipinski definition) is 6. The zero-order chi connectivity index (χ0) is 24.3. The van der Waals surface area contributed by atoms with Gasteiger partial charge in [-0.2, -0.15) is 0 Å². The van der Waals surface area contributed by atoms with Crippen LogP contribution in [0.3, 0.4) is 0 Å². The lowest BCUT2D eigenvalue weighted by Gasteiger charge is -2.12. The number of esters is 1. The molecule has 0 unspecified atom stereocenters. The summed E-state index contributed by atoms with van der Waals surface area (Å²) in [7, 11) is -2.51. The van der Waals surface area contributed by atoms with Gasteiger partial charge in [0.1, 0.15) is 5.00 Å². The highest BCUT2D eigenvalue weighted by molar-refractivity contribution is 7.92. The largest absolute Gasteiger partial charge is 0.465 e. The Morgan fingerprint density at radius 3 is 2.24 bits per heavy atom. The van der Waals surface area contributed by atoms with Gasteiger partial charge in [-0.1, -0.05) is 23.2 Å². The number of carbonyl (C=O) groups excluding carboxylic acids is 1. The minimum Gasteiger partial charge on any atom is -0.465 e. The minimum atomic E-state index is -3.83. The molecular weight excluding hydrogens is 525 g/mol. The Hall–Kier alpha value is -2.37. The highest BCUT2D eigenvalue weighted by Crippen LogP contribution is 2.33. The number of benzene rings is 2. The number of carbonyl (C=O) groups is 1. The zero-order valence-corrected chi connectivity index (χ0v) is 21.6. The molecular formula is C21H19Cl2N3O4S3. The van der Waals surface area contributed by atoms with Crippen LogP contribution in [0.5, 0.6) is 0 Å². The number of anilines is 3. The molecule has 0 radical (unpaired) electrons. The fourth-order valence-electron chi connectivity index (χ4n) is 2.82. The van der Waals surface area contributed by atoms with Crippen molar-refractivity contribution in [2.45, 2.75) is 18.7 Å². The normalized spacial score (nSPS) is 11.1. The third-order valence-corrected chi connectivity index (χ3v) is 8.06. The van der Waals surface area contributed by atoms with E-state index >= 15 is 0 Å². The van der Waals surface area contributed by atoms with E-state index < -0.39 is 16.0 Å².